The maximum Gasteiger partial charge on any atom is 0.147 e. The molecule has 0 bridgehead atoms. The highest BCUT2D eigenvalue weighted by Gasteiger charge is 1.95. The fourth-order valence-electron chi connectivity index (χ4n) is 0.608. The maximum absolute atomic E-state index is 10.0. The third-order valence-corrected chi connectivity index (χ3v) is 1.06. The van der Waals surface area contributed by atoms with Gasteiger partial charge in [-0.05, 0) is 12.8 Å². The molecule has 0 atom stereocenters. The molecule has 0 aromatic rings. The molecule has 1 heterocycles. The summed E-state index contributed by atoms with van der Waals surface area (Å²) in [6.45, 7) is 0. The first-order valence-electron chi connectivity index (χ1n) is 2.59. The van der Waals surface area contributed by atoms with Gasteiger partial charge in [-0.2, -0.15) is 0 Å². The Morgan fingerprint density at radius 3 is 3.00 bits per heavy atom. The van der Waals surface area contributed by atoms with Gasteiger partial charge in [0.25, 0.3) is 0 Å². The van der Waals surface area contributed by atoms with E-state index in [9.17, 15) is 4.79 Å². The molecule has 0 aliphatic carbocycles. The molecule has 0 amide bonds. The van der Waals surface area contributed by atoms with Crippen molar-refractivity contribution in [3.8, 4) is 0 Å². The third kappa shape index (κ3) is 1.03. The van der Waals surface area contributed by atoms with E-state index in [0.717, 1.165) is 24.7 Å². The van der Waals surface area contributed by atoms with Crippen LogP contribution >= 0.6 is 0 Å². The molecule has 0 N–H and O–H groups in total. The molecule has 0 unspecified atom stereocenters. The predicted molar refractivity (Wildman–Crippen MR) is 31.9 cm³/mol. The van der Waals surface area contributed by atoms with Crippen molar-refractivity contribution < 1.29 is 4.79 Å². The van der Waals surface area contributed by atoms with Crippen LogP contribution in [0.4, 0.5) is 0 Å². The molecule has 1 aliphatic rings. The number of hydrogen-bond acceptors (Lipinski definition) is 2. The van der Waals surface area contributed by atoms with Gasteiger partial charge in [0, 0.05) is 18.0 Å². The van der Waals surface area contributed by atoms with Crippen LogP contribution in [0.5, 0.6) is 0 Å². The van der Waals surface area contributed by atoms with Crippen molar-refractivity contribution in [1.29, 1.82) is 0 Å². The zero-order chi connectivity index (χ0) is 5.82. The second-order valence-corrected chi connectivity index (χ2v) is 1.69. The van der Waals surface area contributed by atoms with Gasteiger partial charge >= 0.3 is 0 Å². The average Bonchev–Trinajstić information content (AvgIpc) is 1.90. The summed E-state index contributed by atoms with van der Waals surface area (Å²) in [6, 6.07) is 0. The highest BCUT2D eigenvalue weighted by atomic mass is 16.1. The molecule has 1 rings (SSSR count). The van der Waals surface area contributed by atoms with Crippen molar-refractivity contribution in [2.45, 2.75) is 12.8 Å². The van der Waals surface area contributed by atoms with Crippen LogP contribution in [0.1, 0.15) is 12.8 Å². The minimum absolute atomic E-state index is 0.799. The van der Waals surface area contributed by atoms with E-state index in [1.807, 2.05) is 6.21 Å². The summed E-state index contributed by atoms with van der Waals surface area (Å²) in [7, 11) is 0. The Kier molecular flexibility index (Phi) is 1.57. The maximum atomic E-state index is 10.0. The SMILES string of the molecule is O=CC1=CN=CCC1. The summed E-state index contributed by atoms with van der Waals surface area (Å²) in [5.41, 5.74) is 0.799. The second kappa shape index (κ2) is 2.40. The van der Waals surface area contributed by atoms with Crippen molar-refractivity contribution in [1.82, 2.24) is 0 Å². The lowest BCUT2D eigenvalue weighted by molar-refractivity contribution is -0.105. The number of allylic oxidation sites excluding steroid dienone is 1. The van der Waals surface area contributed by atoms with Gasteiger partial charge in [-0.15, -0.1) is 0 Å². The topological polar surface area (TPSA) is 29.4 Å². The largest absolute Gasteiger partial charge is 0.298 e. The van der Waals surface area contributed by atoms with E-state index in [1.165, 1.54) is 0 Å². The zero-order valence-corrected chi connectivity index (χ0v) is 4.50. The monoisotopic (exact) mass is 109 g/mol. The normalized spacial score (nSPS) is 17.8. The van der Waals surface area contributed by atoms with E-state index >= 15 is 0 Å². The van der Waals surface area contributed by atoms with Crippen LogP contribution in [0.25, 0.3) is 0 Å². The Balaban J connectivity index is 2.63. The van der Waals surface area contributed by atoms with Crippen LogP contribution in [0.3, 0.4) is 0 Å². The van der Waals surface area contributed by atoms with E-state index in [1.54, 1.807) is 6.20 Å². The molecule has 0 aromatic heterocycles. The molecule has 1 aliphatic heterocycles. The number of carbonyl (C=O) groups is 1. The molecule has 0 saturated heterocycles. The summed E-state index contributed by atoms with van der Waals surface area (Å²) in [5.74, 6) is 0. The molecule has 42 valence electrons. The zero-order valence-electron chi connectivity index (χ0n) is 4.50. The van der Waals surface area contributed by atoms with Gasteiger partial charge < -0.3 is 0 Å². The van der Waals surface area contributed by atoms with E-state index < -0.39 is 0 Å². The van der Waals surface area contributed by atoms with Gasteiger partial charge in [-0.1, -0.05) is 0 Å². The number of nitrogens with zero attached hydrogens (tertiary/aromatic N) is 1. The molecule has 0 radical (unpaired) electrons. The van der Waals surface area contributed by atoms with Crippen molar-refractivity contribution >= 4 is 12.5 Å². The summed E-state index contributed by atoms with van der Waals surface area (Å²) in [4.78, 5) is 13.8. The van der Waals surface area contributed by atoms with Gasteiger partial charge in [0.2, 0.25) is 0 Å². The van der Waals surface area contributed by atoms with Crippen molar-refractivity contribution in [2.24, 2.45) is 4.99 Å². The molecule has 0 fully saturated rings. The molecule has 0 saturated carbocycles. The standard InChI is InChI=1S/C6H7NO/c8-5-6-2-1-3-7-4-6/h3-5H,1-2H2. The summed E-state index contributed by atoms with van der Waals surface area (Å²) < 4.78 is 0. The summed E-state index contributed by atoms with van der Waals surface area (Å²) in [6.07, 6.45) is 6.04. The third-order valence-electron chi connectivity index (χ3n) is 1.06. The average molecular weight is 109 g/mol. The number of aldehydes is 1. The van der Waals surface area contributed by atoms with Crippen LogP contribution in [-0.2, 0) is 4.79 Å². The van der Waals surface area contributed by atoms with Gasteiger partial charge in [-0.3, -0.25) is 9.79 Å². The number of aliphatic imine (C=N–C) groups is 1. The van der Waals surface area contributed by atoms with Gasteiger partial charge in [0.1, 0.15) is 6.29 Å². The first kappa shape index (κ1) is 5.22. The van der Waals surface area contributed by atoms with E-state index in [4.69, 9.17) is 0 Å². The molecular weight excluding hydrogens is 102 g/mol. The van der Waals surface area contributed by atoms with Gasteiger partial charge in [-0.25, -0.2) is 0 Å². The molecular formula is C6H7NO. The van der Waals surface area contributed by atoms with E-state index in [-0.39, 0.29) is 0 Å². The Hall–Kier alpha value is -0.920. The summed E-state index contributed by atoms with van der Waals surface area (Å²) >= 11 is 0. The van der Waals surface area contributed by atoms with E-state index in [2.05, 4.69) is 4.99 Å². The molecule has 2 heteroatoms. The van der Waals surface area contributed by atoms with E-state index in [0.29, 0.717) is 0 Å². The number of hydrogen-bond donors (Lipinski definition) is 0. The summed E-state index contributed by atoms with van der Waals surface area (Å²) in [5, 5.41) is 0. The fourth-order valence-corrected chi connectivity index (χ4v) is 0.608. The lowest BCUT2D eigenvalue weighted by Gasteiger charge is -1.96. The number of carbonyl (C=O) groups excluding carboxylic acids is 1. The van der Waals surface area contributed by atoms with Crippen LogP contribution in [-0.4, -0.2) is 12.5 Å². The van der Waals surface area contributed by atoms with Crippen LogP contribution in [0, 0.1) is 0 Å². The lowest BCUT2D eigenvalue weighted by Crippen LogP contribution is -1.89. The molecule has 2 nitrogen and oxygen atoms in total. The fraction of sp³-hybridized carbons (Fsp3) is 0.333. The first-order chi connectivity index (χ1) is 3.93. The van der Waals surface area contributed by atoms with Crippen LogP contribution in [0.2, 0.25) is 0 Å². The first-order valence-corrected chi connectivity index (χ1v) is 2.59. The Bertz CT molecular complexity index is 147. The van der Waals surface area contributed by atoms with Crippen molar-refractivity contribution in [2.75, 3.05) is 0 Å². The van der Waals surface area contributed by atoms with Gasteiger partial charge in [0.15, 0.2) is 0 Å². The Morgan fingerprint density at radius 1 is 1.75 bits per heavy atom. The van der Waals surface area contributed by atoms with Crippen LogP contribution < -0.4 is 0 Å². The lowest BCUT2D eigenvalue weighted by atomic mass is 10.1. The molecule has 0 spiro atoms. The Labute approximate surface area is 47.9 Å². The molecule has 0 aromatic carbocycles. The van der Waals surface area contributed by atoms with Crippen LogP contribution in [0.15, 0.2) is 16.8 Å². The van der Waals surface area contributed by atoms with Crippen molar-refractivity contribution in [3.05, 3.63) is 11.8 Å². The highest BCUT2D eigenvalue weighted by Crippen LogP contribution is 2.04. The highest BCUT2D eigenvalue weighted by molar-refractivity contribution is 5.76. The minimum atomic E-state index is 0.799. The van der Waals surface area contributed by atoms with Crippen molar-refractivity contribution in [3.63, 3.8) is 0 Å². The Morgan fingerprint density at radius 2 is 2.62 bits per heavy atom. The quantitative estimate of drug-likeness (QED) is 0.460. The second-order valence-electron chi connectivity index (χ2n) is 1.69. The smallest absolute Gasteiger partial charge is 0.147 e. The number of rotatable bonds is 1. The predicted octanol–water partition coefficient (Wildman–Crippen LogP) is 0.934. The minimum Gasteiger partial charge on any atom is -0.298 e. The van der Waals surface area contributed by atoms with Gasteiger partial charge in [0.05, 0.1) is 0 Å². The molecule has 8 heavy (non-hydrogen) atoms.